The fourth-order valence-electron chi connectivity index (χ4n) is 0.861. The van der Waals surface area contributed by atoms with Crippen LogP contribution in [0, 0.1) is 0 Å². The van der Waals surface area contributed by atoms with Crippen molar-refractivity contribution in [1.29, 1.82) is 0 Å². The summed E-state index contributed by atoms with van der Waals surface area (Å²) in [7, 11) is -4.59. The molecule has 0 radical (unpaired) electrons. The van der Waals surface area contributed by atoms with Gasteiger partial charge in [0.2, 0.25) is 18.5 Å². The van der Waals surface area contributed by atoms with Crippen LogP contribution in [0.2, 0.25) is 0 Å². The fraction of sp³-hybridized carbons (Fsp3) is 0.714. The molecular formula is C7H12N2O3S3. The van der Waals surface area contributed by atoms with E-state index in [1.807, 2.05) is 6.92 Å². The molecular weight excluding hydrogens is 256 g/mol. The van der Waals surface area contributed by atoms with E-state index in [-0.39, 0.29) is 14.4 Å². The van der Waals surface area contributed by atoms with Gasteiger partial charge in [0.05, 0.1) is 16.6 Å². The van der Waals surface area contributed by atoms with E-state index in [9.17, 15) is 12.6 Å². The van der Waals surface area contributed by atoms with Gasteiger partial charge in [0.25, 0.3) is 0 Å². The Morgan fingerprint density at radius 1 is 1.40 bits per heavy atom. The van der Waals surface area contributed by atoms with Crippen LogP contribution in [-0.2, 0) is 20.6 Å². The van der Waals surface area contributed by atoms with Gasteiger partial charge in [-0.05, 0) is 6.42 Å². The molecule has 0 aliphatic carbocycles. The van der Waals surface area contributed by atoms with Crippen molar-refractivity contribution in [2.24, 2.45) is 0 Å². The van der Waals surface area contributed by atoms with Crippen molar-refractivity contribution >= 4 is 32.0 Å². The van der Waals surface area contributed by atoms with Crippen molar-refractivity contribution in [3.63, 3.8) is 0 Å². The lowest BCUT2D eigenvalue weighted by Gasteiger charge is -1.96. The molecule has 5 nitrogen and oxygen atoms in total. The average Bonchev–Trinajstić information content (AvgIpc) is 2.64. The van der Waals surface area contributed by atoms with Gasteiger partial charge < -0.3 is 0 Å². The number of nitrogens with zero attached hydrogens (tertiary/aromatic N) is 2. The topological polar surface area (TPSA) is 77.0 Å². The van der Waals surface area contributed by atoms with Crippen LogP contribution >= 0.6 is 11.3 Å². The third-order valence-electron chi connectivity index (χ3n) is 1.67. The number of unbranched alkanes of at least 4 members (excludes halogenated alkanes) is 1. The minimum absolute atomic E-state index is 0.0267. The van der Waals surface area contributed by atoms with E-state index in [0.717, 1.165) is 17.8 Å². The first-order valence-corrected chi connectivity index (χ1v) is 8.39. The maximum absolute atomic E-state index is 11.6. The molecule has 1 aromatic rings. The Morgan fingerprint density at radius 2 is 2.07 bits per heavy atom. The molecule has 0 saturated heterocycles. The molecule has 1 heterocycles. The smallest absolute Gasteiger partial charge is 0.233 e. The Labute approximate surface area is 95.3 Å². The standard InChI is InChI=1S/C7H12N2O3S3/c1-3-4-5-15(11,12)7-9-8-6(13-7)14(2)10/h3-5H2,1-2H3. The molecule has 1 rings (SSSR count). The van der Waals surface area contributed by atoms with Crippen LogP contribution in [0.3, 0.4) is 0 Å². The second-order valence-corrected chi connectivity index (χ2v) is 7.77. The fourth-order valence-corrected chi connectivity index (χ4v) is 4.20. The lowest BCUT2D eigenvalue weighted by atomic mass is 10.4. The summed E-state index contributed by atoms with van der Waals surface area (Å²) in [5.74, 6) is 0.0779. The molecule has 0 aliphatic rings. The highest BCUT2D eigenvalue weighted by molar-refractivity contribution is 7.94. The molecule has 0 N–H and O–H groups in total. The lowest BCUT2D eigenvalue weighted by molar-refractivity contribution is 0.590. The monoisotopic (exact) mass is 268 g/mol. The number of sulfone groups is 1. The summed E-state index contributed by atoms with van der Waals surface area (Å²) in [4.78, 5) is 0. The van der Waals surface area contributed by atoms with Crippen LogP contribution in [0.1, 0.15) is 19.8 Å². The molecule has 0 fully saturated rings. The average molecular weight is 268 g/mol. The first-order chi connectivity index (χ1) is 6.97. The molecule has 1 aromatic heterocycles. The summed E-state index contributed by atoms with van der Waals surface area (Å²) in [6, 6.07) is 0. The van der Waals surface area contributed by atoms with Gasteiger partial charge in [0.1, 0.15) is 0 Å². The quantitative estimate of drug-likeness (QED) is 0.791. The van der Waals surface area contributed by atoms with Gasteiger partial charge in [-0.2, -0.15) is 0 Å². The summed E-state index contributed by atoms with van der Waals surface area (Å²) < 4.78 is 34.5. The van der Waals surface area contributed by atoms with E-state index < -0.39 is 20.6 Å². The second-order valence-electron chi connectivity index (χ2n) is 2.96. The Balaban J connectivity index is 2.91. The van der Waals surface area contributed by atoms with Crippen LogP contribution in [0.15, 0.2) is 8.68 Å². The highest BCUT2D eigenvalue weighted by atomic mass is 32.2. The highest BCUT2D eigenvalue weighted by Gasteiger charge is 2.20. The molecule has 0 saturated carbocycles. The predicted octanol–water partition coefficient (Wildman–Crippen LogP) is 0.849. The predicted molar refractivity (Wildman–Crippen MR) is 59.2 cm³/mol. The van der Waals surface area contributed by atoms with Crippen LogP contribution in [0.5, 0.6) is 0 Å². The van der Waals surface area contributed by atoms with Gasteiger partial charge in [-0.1, -0.05) is 24.7 Å². The summed E-state index contributed by atoms with van der Waals surface area (Å²) in [6.45, 7) is 1.92. The van der Waals surface area contributed by atoms with Crippen LogP contribution < -0.4 is 0 Å². The van der Waals surface area contributed by atoms with Crippen molar-refractivity contribution in [2.75, 3.05) is 12.0 Å². The molecule has 0 bridgehead atoms. The SMILES string of the molecule is CCCCS(=O)(=O)c1nnc(S(C)=O)s1. The van der Waals surface area contributed by atoms with Crippen molar-refractivity contribution < 1.29 is 12.6 Å². The van der Waals surface area contributed by atoms with Gasteiger partial charge in [-0.3, -0.25) is 4.21 Å². The van der Waals surface area contributed by atoms with E-state index in [4.69, 9.17) is 0 Å². The first kappa shape index (κ1) is 12.7. The molecule has 0 aromatic carbocycles. The first-order valence-electron chi connectivity index (χ1n) is 4.37. The maximum atomic E-state index is 11.6. The molecule has 0 aliphatic heterocycles. The highest BCUT2D eigenvalue weighted by Crippen LogP contribution is 2.19. The van der Waals surface area contributed by atoms with E-state index in [1.54, 1.807) is 0 Å². The maximum Gasteiger partial charge on any atom is 0.233 e. The summed E-state index contributed by atoms with van der Waals surface area (Å²) in [5, 5.41) is 7.13. The van der Waals surface area contributed by atoms with Crippen molar-refractivity contribution in [2.45, 2.75) is 28.4 Å². The second kappa shape index (κ2) is 5.13. The Kier molecular flexibility index (Phi) is 4.35. The lowest BCUT2D eigenvalue weighted by Crippen LogP contribution is -2.05. The van der Waals surface area contributed by atoms with Crippen molar-refractivity contribution in [3.8, 4) is 0 Å². The van der Waals surface area contributed by atoms with Gasteiger partial charge in [0, 0.05) is 6.26 Å². The Morgan fingerprint density at radius 3 is 2.53 bits per heavy atom. The minimum atomic E-state index is -3.32. The number of aromatic nitrogens is 2. The molecule has 0 spiro atoms. The van der Waals surface area contributed by atoms with Gasteiger partial charge in [-0.25, -0.2) is 8.42 Å². The minimum Gasteiger partial charge on any atom is -0.252 e. The van der Waals surface area contributed by atoms with Gasteiger partial charge >= 0.3 is 0 Å². The van der Waals surface area contributed by atoms with E-state index in [1.165, 1.54) is 6.26 Å². The molecule has 86 valence electrons. The van der Waals surface area contributed by atoms with Crippen LogP contribution in [0.25, 0.3) is 0 Å². The Bertz CT molecular complexity index is 452. The van der Waals surface area contributed by atoms with Crippen molar-refractivity contribution in [3.05, 3.63) is 0 Å². The largest absolute Gasteiger partial charge is 0.252 e. The normalized spacial score (nSPS) is 14.0. The third kappa shape index (κ3) is 3.32. The van der Waals surface area contributed by atoms with Crippen LogP contribution in [0.4, 0.5) is 0 Å². The Hall–Kier alpha value is -0.340. The zero-order valence-corrected chi connectivity index (χ0v) is 10.9. The number of rotatable bonds is 5. The zero-order valence-electron chi connectivity index (χ0n) is 8.47. The zero-order chi connectivity index (χ0) is 11.5. The molecule has 0 amide bonds. The van der Waals surface area contributed by atoms with Gasteiger partial charge in [0.15, 0.2) is 0 Å². The summed E-state index contributed by atoms with van der Waals surface area (Å²) in [6.07, 6.45) is 2.86. The molecule has 1 atom stereocenters. The van der Waals surface area contributed by atoms with Crippen molar-refractivity contribution in [1.82, 2.24) is 10.2 Å². The number of hydrogen-bond acceptors (Lipinski definition) is 6. The van der Waals surface area contributed by atoms with E-state index >= 15 is 0 Å². The van der Waals surface area contributed by atoms with Gasteiger partial charge in [-0.15, -0.1) is 10.2 Å². The summed E-state index contributed by atoms with van der Waals surface area (Å²) >= 11 is 0.888. The van der Waals surface area contributed by atoms with Crippen LogP contribution in [-0.4, -0.2) is 34.8 Å². The van der Waals surface area contributed by atoms with E-state index in [0.29, 0.717) is 6.42 Å². The third-order valence-corrected chi connectivity index (χ3v) is 6.16. The molecule has 15 heavy (non-hydrogen) atoms. The summed E-state index contributed by atoms with van der Waals surface area (Å²) in [5.41, 5.74) is 0. The number of hydrogen-bond donors (Lipinski definition) is 0. The van der Waals surface area contributed by atoms with E-state index in [2.05, 4.69) is 10.2 Å². The molecule has 1 unspecified atom stereocenters. The molecule has 8 heteroatoms.